The van der Waals surface area contributed by atoms with Gasteiger partial charge in [0.1, 0.15) is 24.1 Å². The lowest BCUT2D eigenvalue weighted by atomic mass is 10.1. The molecule has 3 rings (SSSR count). The van der Waals surface area contributed by atoms with Gasteiger partial charge in [0.2, 0.25) is 0 Å². The molecule has 1 amide bonds. The number of anilines is 1. The molecule has 0 aromatic heterocycles. The topological polar surface area (TPSA) is 71.3 Å². The maximum Gasteiger partial charge on any atom is 0.266 e. The number of rotatable bonds is 7. The van der Waals surface area contributed by atoms with E-state index in [9.17, 15) is 14.4 Å². The van der Waals surface area contributed by atoms with Gasteiger partial charge in [0.25, 0.3) is 5.91 Å². The molecule has 0 saturated heterocycles. The molecule has 0 aliphatic carbocycles. The van der Waals surface area contributed by atoms with Crippen LogP contribution in [0.2, 0.25) is 0 Å². The van der Waals surface area contributed by atoms with Crippen molar-refractivity contribution in [1.29, 1.82) is 5.26 Å². The molecular formula is C24H17Br2FN2O3. The summed E-state index contributed by atoms with van der Waals surface area (Å²) >= 11 is 6.77. The molecular weight excluding hydrogens is 543 g/mol. The summed E-state index contributed by atoms with van der Waals surface area (Å²) in [6.45, 7) is 0.0170. The number of carbonyl (C=O) groups is 1. The third-order valence-electron chi connectivity index (χ3n) is 4.37. The molecule has 0 heterocycles. The third-order valence-corrected chi connectivity index (χ3v) is 5.55. The molecule has 3 aromatic rings. The molecule has 0 radical (unpaired) electrons. The first-order valence-electron chi connectivity index (χ1n) is 9.33. The predicted molar refractivity (Wildman–Crippen MR) is 128 cm³/mol. The summed E-state index contributed by atoms with van der Waals surface area (Å²) in [5, 5.41) is 12.2. The van der Waals surface area contributed by atoms with Gasteiger partial charge in [-0.1, -0.05) is 56.1 Å². The second kappa shape index (κ2) is 10.9. The van der Waals surface area contributed by atoms with Crippen molar-refractivity contribution in [3.05, 3.63) is 92.1 Å². The van der Waals surface area contributed by atoms with Gasteiger partial charge in [0.15, 0.2) is 11.5 Å². The van der Waals surface area contributed by atoms with Gasteiger partial charge in [0, 0.05) is 20.2 Å². The highest BCUT2D eigenvalue weighted by atomic mass is 79.9. The Morgan fingerprint density at radius 3 is 2.59 bits per heavy atom. The molecule has 8 heteroatoms. The number of ether oxygens (including phenoxy) is 2. The Balaban J connectivity index is 1.83. The van der Waals surface area contributed by atoms with E-state index < -0.39 is 5.91 Å². The number of nitrogens with one attached hydrogen (secondary N) is 1. The molecule has 3 aromatic carbocycles. The average Bonchev–Trinajstić information content (AvgIpc) is 2.77. The van der Waals surface area contributed by atoms with Gasteiger partial charge in [-0.05, 0) is 48.0 Å². The van der Waals surface area contributed by atoms with Crippen LogP contribution in [0.4, 0.5) is 10.1 Å². The first-order valence-corrected chi connectivity index (χ1v) is 10.9. The summed E-state index contributed by atoms with van der Waals surface area (Å²) < 4.78 is 26.4. The predicted octanol–water partition coefficient (Wildman–Crippen LogP) is 6.48. The first kappa shape index (κ1) is 23.5. The maximum absolute atomic E-state index is 13.9. The number of methoxy groups -OCH3 is 1. The number of nitrogens with zero attached hydrogens (tertiary/aromatic N) is 1. The van der Waals surface area contributed by atoms with Gasteiger partial charge < -0.3 is 14.8 Å². The number of nitriles is 1. The van der Waals surface area contributed by atoms with E-state index in [0.29, 0.717) is 32.8 Å². The Labute approximate surface area is 201 Å². The third kappa shape index (κ3) is 5.96. The quantitative estimate of drug-likeness (QED) is 0.265. The molecule has 1 N–H and O–H groups in total. The van der Waals surface area contributed by atoms with Gasteiger partial charge >= 0.3 is 0 Å². The molecule has 0 aliphatic rings. The monoisotopic (exact) mass is 558 g/mol. The van der Waals surface area contributed by atoms with Gasteiger partial charge in [-0.25, -0.2) is 4.39 Å². The van der Waals surface area contributed by atoms with Crippen LogP contribution in [-0.2, 0) is 11.4 Å². The Morgan fingerprint density at radius 1 is 1.12 bits per heavy atom. The van der Waals surface area contributed by atoms with Crippen molar-refractivity contribution < 1.29 is 18.7 Å². The zero-order valence-electron chi connectivity index (χ0n) is 16.9. The van der Waals surface area contributed by atoms with Crippen LogP contribution in [0.15, 0.2) is 75.2 Å². The molecule has 0 fully saturated rings. The van der Waals surface area contributed by atoms with E-state index in [2.05, 4.69) is 37.2 Å². The van der Waals surface area contributed by atoms with E-state index in [-0.39, 0.29) is 18.0 Å². The summed E-state index contributed by atoms with van der Waals surface area (Å²) in [5.41, 5.74) is 1.42. The molecule has 32 heavy (non-hydrogen) atoms. The number of halogens is 3. The number of hydrogen-bond donors (Lipinski definition) is 1. The number of amides is 1. The molecule has 0 unspecified atom stereocenters. The Bertz CT molecular complexity index is 1220. The molecule has 0 aliphatic heterocycles. The Morgan fingerprint density at radius 2 is 1.91 bits per heavy atom. The Kier molecular flexibility index (Phi) is 8.03. The lowest BCUT2D eigenvalue weighted by Crippen LogP contribution is -2.13. The normalized spacial score (nSPS) is 10.9. The van der Waals surface area contributed by atoms with Crippen LogP contribution in [0.1, 0.15) is 11.1 Å². The fourth-order valence-electron chi connectivity index (χ4n) is 2.77. The van der Waals surface area contributed by atoms with Gasteiger partial charge in [-0.15, -0.1) is 0 Å². The standard InChI is InChI=1S/C24H17Br2FN2O3/c1-31-22-10-16(9-17(13-28)24(30)29-19-7-4-6-18(25)11-19)20(26)12-23(22)32-14-15-5-2-3-8-21(15)27/h2-12H,14H2,1H3,(H,29,30)/b17-9-. The lowest BCUT2D eigenvalue weighted by Gasteiger charge is -2.13. The highest BCUT2D eigenvalue weighted by Crippen LogP contribution is 2.35. The highest BCUT2D eigenvalue weighted by molar-refractivity contribution is 9.10. The Hall–Kier alpha value is -3.15. The summed E-state index contributed by atoms with van der Waals surface area (Å²) in [6, 6.07) is 18.6. The van der Waals surface area contributed by atoms with E-state index in [1.54, 1.807) is 48.5 Å². The van der Waals surface area contributed by atoms with Crippen molar-refractivity contribution in [2.24, 2.45) is 0 Å². The fourth-order valence-corrected chi connectivity index (χ4v) is 3.61. The van der Waals surface area contributed by atoms with E-state index in [1.165, 1.54) is 19.3 Å². The van der Waals surface area contributed by atoms with Crippen LogP contribution < -0.4 is 14.8 Å². The van der Waals surface area contributed by atoms with Gasteiger partial charge in [-0.2, -0.15) is 5.26 Å². The van der Waals surface area contributed by atoms with E-state index in [4.69, 9.17) is 9.47 Å². The van der Waals surface area contributed by atoms with Crippen LogP contribution in [0, 0.1) is 17.1 Å². The molecule has 0 spiro atoms. The average molecular weight is 560 g/mol. The summed E-state index contributed by atoms with van der Waals surface area (Å²) in [5.74, 6) is -0.145. The molecule has 0 atom stereocenters. The van der Waals surface area contributed by atoms with Crippen molar-refractivity contribution >= 4 is 49.5 Å². The van der Waals surface area contributed by atoms with Gasteiger partial charge in [0.05, 0.1) is 7.11 Å². The highest BCUT2D eigenvalue weighted by Gasteiger charge is 2.14. The van der Waals surface area contributed by atoms with Crippen molar-refractivity contribution in [3.8, 4) is 17.6 Å². The maximum atomic E-state index is 13.9. The second-order valence-corrected chi connectivity index (χ2v) is 8.31. The molecule has 5 nitrogen and oxygen atoms in total. The molecule has 0 bridgehead atoms. The smallest absolute Gasteiger partial charge is 0.266 e. The van der Waals surface area contributed by atoms with Crippen molar-refractivity contribution in [2.75, 3.05) is 12.4 Å². The number of carbonyl (C=O) groups excluding carboxylic acids is 1. The van der Waals surface area contributed by atoms with E-state index >= 15 is 0 Å². The van der Waals surface area contributed by atoms with Gasteiger partial charge in [-0.3, -0.25) is 4.79 Å². The minimum absolute atomic E-state index is 0.0170. The second-order valence-electron chi connectivity index (χ2n) is 6.54. The van der Waals surface area contributed by atoms with Crippen LogP contribution in [0.3, 0.4) is 0 Å². The van der Waals surface area contributed by atoms with Crippen LogP contribution in [0.5, 0.6) is 11.5 Å². The van der Waals surface area contributed by atoms with Crippen LogP contribution in [-0.4, -0.2) is 13.0 Å². The fraction of sp³-hybridized carbons (Fsp3) is 0.0833. The SMILES string of the molecule is COc1cc(/C=C(/C#N)C(=O)Nc2cccc(Br)c2)c(Br)cc1OCc1ccccc1F. The number of benzene rings is 3. The van der Waals surface area contributed by atoms with E-state index in [0.717, 1.165) is 4.47 Å². The lowest BCUT2D eigenvalue weighted by molar-refractivity contribution is -0.112. The van der Waals surface area contributed by atoms with Crippen LogP contribution in [0.25, 0.3) is 6.08 Å². The van der Waals surface area contributed by atoms with Crippen LogP contribution >= 0.6 is 31.9 Å². The van der Waals surface area contributed by atoms with Crippen molar-refractivity contribution in [2.45, 2.75) is 6.61 Å². The summed E-state index contributed by atoms with van der Waals surface area (Å²) in [6.07, 6.45) is 1.45. The van der Waals surface area contributed by atoms with Crippen molar-refractivity contribution in [1.82, 2.24) is 0 Å². The van der Waals surface area contributed by atoms with E-state index in [1.807, 2.05) is 12.1 Å². The summed E-state index contributed by atoms with van der Waals surface area (Å²) in [7, 11) is 1.47. The largest absolute Gasteiger partial charge is 0.493 e. The zero-order valence-corrected chi connectivity index (χ0v) is 20.0. The molecule has 0 saturated carbocycles. The summed E-state index contributed by atoms with van der Waals surface area (Å²) in [4.78, 5) is 12.6. The minimum Gasteiger partial charge on any atom is -0.493 e. The minimum atomic E-state index is -0.545. The van der Waals surface area contributed by atoms with Crippen molar-refractivity contribution in [3.63, 3.8) is 0 Å². The zero-order chi connectivity index (χ0) is 23.1. The molecule has 162 valence electrons. The number of hydrogen-bond acceptors (Lipinski definition) is 4. The first-order chi connectivity index (χ1) is 15.4.